The highest BCUT2D eigenvalue weighted by molar-refractivity contribution is 6.00. The minimum Gasteiger partial charge on any atom is -0.398 e. The summed E-state index contributed by atoms with van der Waals surface area (Å²) in [5, 5.41) is 2.30. The predicted octanol–water partition coefficient (Wildman–Crippen LogP) is 0.755. The highest BCUT2D eigenvalue weighted by atomic mass is 19.2. The number of carbonyl (C=O) groups is 2. The van der Waals surface area contributed by atoms with Crippen molar-refractivity contribution >= 4 is 17.5 Å². The SMILES string of the molecule is CCN(C)C(=O)CNC(=O)c1cc(F)c(F)cc1N. The standard InChI is InChI=1S/C12H15F2N3O2/c1-3-17(2)11(18)6-16-12(19)7-4-8(13)9(14)5-10(7)15/h4-5H,3,6,15H2,1-2H3,(H,16,19). The van der Waals surface area contributed by atoms with Crippen molar-refractivity contribution in [2.75, 3.05) is 25.9 Å². The lowest BCUT2D eigenvalue weighted by Crippen LogP contribution is -2.38. The minimum atomic E-state index is -1.17. The van der Waals surface area contributed by atoms with Crippen LogP contribution in [0.5, 0.6) is 0 Å². The van der Waals surface area contributed by atoms with Gasteiger partial charge in [-0.05, 0) is 13.0 Å². The van der Waals surface area contributed by atoms with E-state index < -0.39 is 17.5 Å². The molecule has 19 heavy (non-hydrogen) atoms. The van der Waals surface area contributed by atoms with Gasteiger partial charge >= 0.3 is 0 Å². The zero-order valence-corrected chi connectivity index (χ0v) is 10.7. The molecule has 0 heterocycles. The summed E-state index contributed by atoms with van der Waals surface area (Å²) in [7, 11) is 1.58. The van der Waals surface area contributed by atoms with Gasteiger partial charge in [-0.2, -0.15) is 0 Å². The van der Waals surface area contributed by atoms with Gasteiger partial charge in [-0.25, -0.2) is 8.78 Å². The molecule has 2 amide bonds. The Morgan fingerprint density at radius 2 is 1.89 bits per heavy atom. The average molecular weight is 271 g/mol. The summed E-state index contributed by atoms with van der Waals surface area (Å²) in [4.78, 5) is 24.6. The van der Waals surface area contributed by atoms with Crippen molar-refractivity contribution in [2.24, 2.45) is 0 Å². The number of hydrogen-bond donors (Lipinski definition) is 2. The van der Waals surface area contributed by atoms with Crippen LogP contribution in [0.25, 0.3) is 0 Å². The monoisotopic (exact) mass is 271 g/mol. The van der Waals surface area contributed by atoms with Crippen LogP contribution >= 0.6 is 0 Å². The van der Waals surface area contributed by atoms with E-state index in [9.17, 15) is 18.4 Å². The molecule has 0 spiro atoms. The number of nitrogens with zero attached hydrogens (tertiary/aromatic N) is 1. The largest absolute Gasteiger partial charge is 0.398 e. The molecule has 0 aliphatic rings. The highest BCUT2D eigenvalue weighted by Crippen LogP contribution is 2.16. The Bertz CT molecular complexity index is 506. The Hall–Kier alpha value is -2.18. The number of likely N-dealkylation sites (N-methyl/N-ethyl adjacent to an activating group) is 1. The van der Waals surface area contributed by atoms with E-state index in [1.807, 2.05) is 0 Å². The van der Waals surface area contributed by atoms with Gasteiger partial charge in [0.05, 0.1) is 12.1 Å². The van der Waals surface area contributed by atoms with Crippen molar-refractivity contribution in [1.29, 1.82) is 0 Å². The summed E-state index contributed by atoms with van der Waals surface area (Å²) in [5.41, 5.74) is 5.03. The molecule has 0 saturated carbocycles. The fourth-order valence-corrected chi connectivity index (χ4v) is 1.32. The minimum absolute atomic E-state index is 0.187. The Kier molecular flexibility index (Phi) is 4.80. The average Bonchev–Trinajstić information content (AvgIpc) is 2.38. The van der Waals surface area contributed by atoms with E-state index in [2.05, 4.69) is 5.32 Å². The summed E-state index contributed by atoms with van der Waals surface area (Å²) >= 11 is 0. The summed E-state index contributed by atoms with van der Waals surface area (Å²) in [5.74, 6) is -3.32. The lowest BCUT2D eigenvalue weighted by atomic mass is 10.1. The van der Waals surface area contributed by atoms with Gasteiger partial charge in [0.15, 0.2) is 11.6 Å². The molecule has 104 valence electrons. The molecule has 3 N–H and O–H groups in total. The number of rotatable bonds is 4. The van der Waals surface area contributed by atoms with E-state index in [-0.39, 0.29) is 23.7 Å². The first-order chi connectivity index (χ1) is 8.86. The number of amides is 2. The number of hydrogen-bond acceptors (Lipinski definition) is 3. The van der Waals surface area contributed by atoms with Gasteiger partial charge in [-0.15, -0.1) is 0 Å². The maximum atomic E-state index is 13.0. The van der Waals surface area contributed by atoms with Gasteiger partial charge < -0.3 is 16.0 Å². The topological polar surface area (TPSA) is 75.4 Å². The van der Waals surface area contributed by atoms with E-state index in [0.717, 1.165) is 6.07 Å². The molecule has 0 saturated heterocycles. The number of carbonyl (C=O) groups excluding carboxylic acids is 2. The molecule has 0 aliphatic heterocycles. The molecular formula is C12H15F2N3O2. The maximum Gasteiger partial charge on any atom is 0.253 e. The van der Waals surface area contributed by atoms with Gasteiger partial charge in [-0.1, -0.05) is 0 Å². The maximum absolute atomic E-state index is 13.0. The van der Waals surface area contributed by atoms with E-state index in [1.165, 1.54) is 4.90 Å². The molecule has 0 atom stereocenters. The number of halogens is 2. The first-order valence-corrected chi connectivity index (χ1v) is 5.63. The van der Waals surface area contributed by atoms with Crippen LogP contribution in [-0.4, -0.2) is 36.9 Å². The summed E-state index contributed by atoms with van der Waals surface area (Å²) in [6, 6.07) is 1.43. The van der Waals surface area contributed by atoms with E-state index in [1.54, 1.807) is 14.0 Å². The first-order valence-electron chi connectivity index (χ1n) is 5.63. The number of nitrogens with two attached hydrogens (primary N) is 1. The zero-order valence-electron chi connectivity index (χ0n) is 10.7. The first kappa shape index (κ1) is 14.9. The van der Waals surface area contributed by atoms with Crippen molar-refractivity contribution in [1.82, 2.24) is 10.2 Å². The fraction of sp³-hybridized carbons (Fsp3) is 0.333. The quantitative estimate of drug-likeness (QED) is 0.794. The van der Waals surface area contributed by atoms with Crippen LogP contribution in [0.3, 0.4) is 0 Å². The molecule has 1 aromatic carbocycles. The molecule has 7 heteroatoms. The molecule has 0 radical (unpaired) electrons. The number of benzene rings is 1. The Morgan fingerprint density at radius 3 is 2.47 bits per heavy atom. The molecule has 1 aromatic rings. The van der Waals surface area contributed by atoms with Crippen LogP contribution in [0.2, 0.25) is 0 Å². The van der Waals surface area contributed by atoms with Crippen LogP contribution in [-0.2, 0) is 4.79 Å². The fourth-order valence-electron chi connectivity index (χ4n) is 1.32. The normalized spacial score (nSPS) is 10.1. The lowest BCUT2D eigenvalue weighted by molar-refractivity contribution is -0.128. The number of anilines is 1. The van der Waals surface area contributed by atoms with Crippen molar-refractivity contribution in [2.45, 2.75) is 6.92 Å². The van der Waals surface area contributed by atoms with Gasteiger partial charge in [-0.3, -0.25) is 9.59 Å². The van der Waals surface area contributed by atoms with Crippen molar-refractivity contribution in [3.63, 3.8) is 0 Å². The second kappa shape index (κ2) is 6.12. The van der Waals surface area contributed by atoms with E-state index in [0.29, 0.717) is 12.6 Å². The Morgan fingerprint density at radius 1 is 1.32 bits per heavy atom. The molecule has 0 fully saturated rings. The molecule has 0 bridgehead atoms. The second-order valence-corrected chi connectivity index (χ2v) is 3.94. The summed E-state index contributed by atoms with van der Waals surface area (Å²) in [6.45, 7) is 2.05. The predicted molar refractivity (Wildman–Crippen MR) is 66.4 cm³/mol. The third kappa shape index (κ3) is 3.64. The van der Waals surface area contributed by atoms with Gasteiger partial charge in [0, 0.05) is 25.3 Å². The smallest absolute Gasteiger partial charge is 0.253 e. The molecule has 5 nitrogen and oxygen atoms in total. The highest BCUT2D eigenvalue weighted by Gasteiger charge is 2.15. The lowest BCUT2D eigenvalue weighted by Gasteiger charge is -2.15. The zero-order chi connectivity index (χ0) is 14.6. The molecular weight excluding hydrogens is 256 g/mol. The Labute approximate surface area is 109 Å². The molecule has 0 aliphatic carbocycles. The van der Waals surface area contributed by atoms with E-state index in [4.69, 9.17) is 5.73 Å². The number of nitrogen functional groups attached to an aromatic ring is 1. The molecule has 0 aromatic heterocycles. The van der Waals surface area contributed by atoms with Gasteiger partial charge in [0.1, 0.15) is 0 Å². The van der Waals surface area contributed by atoms with Crippen LogP contribution in [0.1, 0.15) is 17.3 Å². The number of nitrogens with one attached hydrogen (secondary N) is 1. The van der Waals surface area contributed by atoms with E-state index >= 15 is 0 Å². The molecule has 1 rings (SSSR count). The van der Waals surface area contributed by atoms with Crippen LogP contribution in [0.15, 0.2) is 12.1 Å². The third-order valence-corrected chi connectivity index (χ3v) is 2.64. The van der Waals surface area contributed by atoms with Crippen molar-refractivity contribution in [3.8, 4) is 0 Å². The van der Waals surface area contributed by atoms with Crippen LogP contribution in [0.4, 0.5) is 14.5 Å². The van der Waals surface area contributed by atoms with Crippen molar-refractivity contribution < 1.29 is 18.4 Å². The third-order valence-electron chi connectivity index (χ3n) is 2.64. The van der Waals surface area contributed by atoms with Gasteiger partial charge in [0.25, 0.3) is 5.91 Å². The van der Waals surface area contributed by atoms with Gasteiger partial charge in [0.2, 0.25) is 5.91 Å². The van der Waals surface area contributed by atoms with Crippen LogP contribution in [0, 0.1) is 11.6 Å². The second-order valence-electron chi connectivity index (χ2n) is 3.94. The van der Waals surface area contributed by atoms with Crippen molar-refractivity contribution in [3.05, 3.63) is 29.3 Å². The van der Waals surface area contributed by atoms with Crippen LogP contribution < -0.4 is 11.1 Å². The molecule has 0 unspecified atom stereocenters. The summed E-state index contributed by atoms with van der Waals surface area (Å²) in [6.07, 6.45) is 0. The summed E-state index contributed by atoms with van der Waals surface area (Å²) < 4.78 is 25.9. The Balaban J connectivity index is 2.74.